The molecule has 1 aliphatic rings. The number of ether oxygens (including phenoxy) is 2. The molecule has 0 heterocycles. The first-order valence-corrected chi connectivity index (χ1v) is 9.85. The zero-order chi connectivity index (χ0) is 19.4. The largest absolute Gasteiger partial charge is 0.468 e. The van der Waals surface area contributed by atoms with Crippen LogP contribution >= 0.6 is 24.2 Å². The molecule has 8 heteroatoms. The monoisotopic (exact) mass is 416 g/mol. The number of nitrogens with one attached hydrogen (secondary N) is 1. The normalized spacial score (nSPS) is 22.9. The van der Waals surface area contributed by atoms with Crippen molar-refractivity contribution in [3.05, 3.63) is 29.8 Å². The lowest BCUT2D eigenvalue weighted by Gasteiger charge is -2.57. The number of halogens is 1. The topological polar surface area (TPSA) is 90.6 Å². The molecule has 1 amide bonds. The zero-order valence-electron chi connectivity index (χ0n) is 16.2. The Bertz CT molecular complexity index is 671. The molecule has 0 radical (unpaired) electrons. The summed E-state index contributed by atoms with van der Waals surface area (Å²) >= 11 is 1.46. The standard InChI is InChI=1S/C19H28N2O4S.ClH/c1-5-25-15-10-19(20,18(15,2)3)17(23)21-14-8-6-7-13(9-14)11-26-12-16(22)24-4;/h6-9,15H,5,10-12,20H2,1-4H3,(H,21,23);1H. The maximum atomic E-state index is 12.8. The Morgan fingerprint density at radius 2 is 2.07 bits per heavy atom. The lowest BCUT2D eigenvalue weighted by Crippen LogP contribution is -2.74. The van der Waals surface area contributed by atoms with Crippen molar-refractivity contribution in [3.8, 4) is 0 Å². The number of anilines is 1. The van der Waals surface area contributed by atoms with E-state index in [0.29, 0.717) is 30.2 Å². The Morgan fingerprint density at radius 1 is 1.37 bits per heavy atom. The van der Waals surface area contributed by atoms with Crippen molar-refractivity contribution < 1.29 is 19.1 Å². The fourth-order valence-corrected chi connectivity index (χ4v) is 3.92. The Morgan fingerprint density at radius 3 is 2.67 bits per heavy atom. The molecule has 0 aromatic heterocycles. The number of thioether (sulfide) groups is 1. The molecule has 0 spiro atoms. The van der Waals surface area contributed by atoms with Crippen LogP contribution in [0, 0.1) is 5.41 Å². The molecule has 1 aromatic rings. The van der Waals surface area contributed by atoms with Gasteiger partial charge >= 0.3 is 5.97 Å². The zero-order valence-corrected chi connectivity index (χ0v) is 17.9. The van der Waals surface area contributed by atoms with E-state index < -0.39 is 11.0 Å². The number of hydrogen-bond acceptors (Lipinski definition) is 6. The van der Waals surface area contributed by atoms with Gasteiger partial charge in [0.25, 0.3) is 0 Å². The minimum atomic E-state index is -0.956. The van der Waals surface area contributed by atoms with Gasteiger partial charge in [-0.15, -0.1) is 24.2 Å². The van der Waals surface area contributed by atoms with Crippen LogP contribution in [0.4, 0.5) is 5.69 Å². The number of rotatable bonds is 8. The molecular formula is C19H29ClN2O4S. The fourth-order valence-electron chi connectivity index (χ4n) is 3.11. The average Bonchev–Trinajstić information content (AvgIpc) is 2.61. The SMILES string of the molecule is CCOC1CC(N)(C(=O)Nc2cccc(CSCC(=O)OC)c2)C1(C)C.Cl. The van der Waals surface area contributed by atoms with Crippen molar-refractivity contribution in [2.45, 2.75) is 44.6 Å². The van der Waals surface area contributed by atoms with Crippen LogP contribution in [0.1, 0.15) is 32.8 Å². The second-order valence-corrected chi connectivity index (χ2v) is 8.05. The third kappa shape index (κ3) is 5.16. The highest BCUT2D eigenvalue weighted by molar-refractivity contribution is 7.99. The summed E-state index contributed by atoms with van der Waals surface area (Å²) in [6.07, 6.45) is 0.498. The van der Waals surface area contributed by atoms with Crippen molar-refractivity contribution >= 4 is 41.7 Å². The van der Waals surface area contributed by atoms with E-state index in [2.05, 4.69) is 10.1 Å². The number of benzene rings is 1. The number of methoxy groups -OCH3 is 1. The minimum Gasteiger partial charge on any atom is -0.468 e. The Balaban J connectivity index is 0.00000364. The van der Waals surface area contributed by atoms with E-state index >= 15 is 0 Å². The van der Waals surface area contributed by atoms with Crippen LogP contribution < -0.4 is 11.1 Å². The highest BCUT2D eigenvalue weighted by atomic mass is 35.5. The molecule has 2 atom stereocenters. The summed E-state index contributed by atoms with van der Waals surface area (Å²) in [6.45, 7) is 6.49. The van der Waals surface area contributed by atoms with Crippen molar-refractivity contribution in [2.24, 2.45) is 11.1 Å². The molecule has 2 rings (SSSR count). The van der Waals surface area contributed by atoms with Crippen LogP contribution in [0.2, 0.25) is 0 Å². The van der Waals surface area contributed by atoms with Crippen LogP contribution in [0.15, 0.2) is 24.3 Å². The third-order valence-electron chi connectivity index (χ3n) is 5.14. The van der Waals surface area contributed by atoms with Crippen LogP contribution in [0.25, 0.3) is 0 Å². The second kappa shape index (κ2) is 9.78. The van der Waals surface area contributed by atoms with E-state index in [0.717, 1.165) is 5.56 Å². The van der Waals surface area contributed by atoms with E-state index in [1.807, 2.05) is 45.0 Å². The molecule has 0 aliphatic heterocycles. The smallest absolute Gasteiger partial charge is 0.315 e. The molecular weight excluding hydrogens is 388 g/mol. The molecule has 2 unspecified atom stereocenters. The summed E-state index contributed by atoms with van der Waals surface area (Å²) < 4.78 is 10.3. The molecule has 1 fully saturated rings. The number of carbonyl (C=O) groups excluding carboxylic acids is 2. The Labute approximate surface area is 171 Å². The predicted molar refractivity (Wildman–Crippen MR) is 111 cm³/mol. The van der Waals surface area contributed by atoms with Crippen LogP contribution in [-0.2, 0) is 24.8 Å². The maximum absolute atomic E-state index is 12.8. The van der Waals surface area contributed by atoms with Crippen molar-refractivity contribution in [3.63, 3.8) is 0 Å². The Kier molecular flexibility index (Phi) is 8.60. The van der Waals surface area contributed by atoms with E-state index in [1.54, 1.807) is 0 Å². The van der Waals surface area contributed by atoms with Crippen LogP contribution in [-0.4, -0.2) is 43.0 Å². The molecule has 0 bridgehead atoms. The van der Waals surface area contributed by atoms with E-state index in [1.165, 1.54) is 18.9 Å². The van der Waals surface area contributed by atoms with Gasteiger partial charge in [0.1, 0.15) is 5.54 Å². The third-order valence-corrected chi connectivity index (χ3v) is 6.11. The van der Waals surface area contributed by atoms with Crippen molar-refractivity contribution in [1.82, 2.24) is 0 Å². The van der Waals surface area contributed by atoms with Gasteiger partial charge in [0.05, 0.1) is 19.0 Å². The summed E-state index contributed by atoms with van der Waals surface area (Å²) in [6, 6.07) is 7.57. The quantitative estimate of drug-likeness (QED) is 0.633. The second-order valence-electron chi connectivity index (χ2n) is 7.06. The highest BCUT2D eigenvalue weighted by Crippen LogP contribution is 2.50. The molecule has 6 nitrogen and oxygen atoms in total. The van der Waals surface area contributed by atoms with Gasteiger partial charge in [0.2, 0.25) is 5.91 Å². The summed E-state index contributed by atoms with van der Waals surface area (Å²) in [5.74, 6) is 0.509. The average molecular weight is 417 g/mol. The molecule has 1 aliphatic carbocycles. The molecule has 1 aromatic carbocycles. The van der Waals surface area contributed by atoms with Gasteiger partial charge in [-0.25, -0.2) is 0 Å². The van der Waals surface area contributed by atoms with E-state index in [-0.39, 0.29) is 30.4 Å². The first kappa shape index (κ1) is 23.8. The minimum absolute atomic E-state index is 0. The van der Waals surface area contributed by atoms with Gasteiger partial charge in [0.15, 0.2) is 0 Å². The Hall–Kier alpha value is -1.28. The van der Waals surface area contributed by atoms with Gasteiger partial charge in [-0.05, 0) is 24.6 Å². The number of amides is 1. The fraction of sp³-hybridized carbons (Fsp3) is 0.579. The van der Waals surface area contributed by atoms with Gasteiger partial charge in [-0.1, -0.05) is 26.0 Å². The van der Waals surface area contributed by atoms with Gasteiger partial charge in [-0.2, -0.15) is 0 Å². The lowest BCUT2D eigenvalue weighted by molar-refractivity contribution is -0.166. The van der Waals surface area contributed by atoms with Crippen LogP contribution in [0.5, 0.6) is 0 Å². The molecule has 0 saturated heterocycles. The van der Waals surface area contributed by atoms with Gasteiger partial charge in [-0.3, -0.25) is 9.59 Å². The number of carbonyl (C=O) groups is 2. The molecule has 3 N–H and O–H groups in total. The molecule has 1 saturated carbocycles. The first-order chi connectivity index (χ1) is 12.2. The summed E-state index contributed by atoms with van der Waals surface area (Å²) in [7, 11) is 1.37. The number of hydrogen-bond donors (Lipinski definition) is 2. The lowest BCUT2D eigenvalue weighted by atomic mass is 9.54. The highest BCUT2D eigenvalue weighted by Gasteiger charge is 2.62. The maximum Gasteiger partial charge on any atom is 0.315 e. The number of nitrogens with two attached hydrogens (primary N) is 1. The van der Waals surface area contributed by atoms with E-state index in [9.17, 15) is 9.59 Å². The molecule has 152 valence electrons. The number of esters is 1. The van der Waals surface area contributed by atoms with Gasteiger partial charge in [0, 0.05) is 29.9 Å². The molecule has 27 heavy (non-hydrogen) atoms. The summed E-state index contributed by atoms with van der Waals surface area (Å²) in [5, 5.41) is 2.93. The first-order valence-electron chi connectivity index (χ1n) is 8.70. The van der Waals surface area contributed by atoms with Crippen molar-refractivity contribution in [1.29, 1.82) is 0 Å². The summed E-state index contributed by atoms with van der Waals surface area (Å²) in [4.78, 5) is 24.0. The summed E-state index contributed by atoms with van der Waals surface area (Å²) in [5.41, 5.74) is 6.74. The van der Waals surface area contributed by atoms with E-state index in [4.69, 9.17) is 10.5 Å². The predicted octanol–water partition coefficient (Wildman–Crippen LogP) is 2.99. The van der Waals surface area contributed by atoms with Crippen LogP contribution in [0.3, 0.4) is 0 Å². The van der Waals surface area contributed by atoms with Crippen molar-refractivity contribution in [2.75, 3.05) is 24.8 Å². The van der Waals surface area contributed by atoms with Gasteiger partial charge < -0.3 is 20.5 Å².